The maximum atomic E-state index is 12.9. The van der Waals surface area contributed by atoms with Crippen LogP contribution in [-0.4, -0.2) is 71.5 Å². The highest BCUT2D eigenvalue weighted by molar-refractivity contribution is 7.91. The molecule has 38 heavy (non-hydrogen) atoms. The van der Waals surface area contributed by atoms with E-state index in [2.05, 4.69) is 24.2 Å². The number of fused-ring (bicyclic) bond motifs is 1. The van der Waals surface area contributed by atoms with Crippen LogP contribution in [0.2, 0.25) is 0 Å². The fourth-order valence-corrected chi connectivity index (χ4v) is 7.03. The lowest BCUT2D eigenvalue weighted by Gasteiger charge is -2.31. The molecule has 12 heteroatoms. The van der Waals surface area contributed by atoms with Crippen molar-refractivity contribution in [2.45, 2.75) is 56.4 Å². The lowest BCUT2D eigenvalue weighted by atomic mass is 9.93. The molecule has 1 saturated heterocycles. The summed E-state index contributed by atoms with van der Waals surface area (Å²) in [7, 11) is -3.71. The topological polar surface area (TPSA) is 129 Å². The number of anilines is 1. The number of nitrogens with one attached hydrogen (secondary N) is 1. The number of morpholine rings is 1. The Morgan fingerprint density at radius 3 is 2.61 bits per heavy atom. The Bertz CT molecular complexity index is 1420. The fraction of sp³-hybridized carbons (Fsp3) is 0.538. The number of pyridine rings is 2. The molecule has 3 aromatic rings. The number of hydrogen-bond donors (Lipinski definition) is 1. The van der Waals surface area contributed by atoms with Gasteiger partial charge in [0.05, 0.1) is 41.3 Å². The van der Waals surface area contributed by atoms with Crippen molar-refractivity contribution in [3.05, 3.63) is 42.6 Å². The van der Waals surface area contributed by atoms with Gasteiger partial charge in [-0.3, -0.25) is 9.78 Å². The van der Waals surface area contributed by atoms with Crippen molar-refractivity contribution in [1.29, 1.82) is 0 Å². The van der Waals surface area contributed by atoms with Crippen LogP contribution in [-0.2, 0) is 14.8 Å². The van der Waals surface area contributed by atoms with Gasteiger partial charge in [0.1, 0.15) is 11.9 Å². The molecule has 3 aliphatic rings. The third kappa shape index (κ3) is 5.19. The van der Waals surface area contributed by atoms with Crippen molar-refractivity contribution < 1.29 is 22.7 Å². The summed E-state index contributed by atoms with van der Waals surface area (Å²) in [6.07, 6.45) is 11.2. The first-order valence-corrected chi connectivity index (χ1v) is 14.8. The van der Waals surface area contributed by atoms with Crippen LogP contribution in [0, 0.1) is 5.92 Å². The van der Waals surface area contributed by atoms with Crippen LogP contribution in [0.1, 0.15) is 55.4 Å². The number of rotatable bonds is 7. The number of hydrogen-bond acceptors (Lipinski definition) is 9. The molecule has 2 unspecified atom stereocenters. The molecule has 0 spiro atoms. The van der Waals surface area contributed by atoms with Crippen molar-refractivity contribution in [1.82, 2.24) is 24.2 Å². The maximum Gasteiger partial charge on any atom is 0.266 e. The van der Waals surface area contributed by atoms with E-state index in [0.29, 0.717) is 55.5 Å². The molecule has 202 valence electrons. The molecule has 1 amide bonds. The summed E-state index contributed by atoms with van der Waals surface area (Å²) in [5.41, 5.74) is 0.794. The zero-order valence-corrected chi connectivity index (χ0v) is 22.1. The smallest absolute Gasteiger partial charge is 0.266 e. The van der Waals surface area contributed by atoms with Gasteiger partial charge in [0.15, 0.2) is 0 Å². The average molecular weight is 541 g/mol. The number of carbonyl (C=O) groups is 1. The third-order valence-electron chi connectivity index (χ3n) is 7.77. The SMILES string of the molecule is CC1CC1S(=O)(=O)NC(=O)c1cnc2cc(N3CCOCC3)nc(O[C@H]3CC[C@@H](n4ccnc4)CC3)c2c1. The van der Waals surface area contributed by atoms with Gasteiger partial charge in [-0.2, -0.15) is 4.98 Å². The van der Waals surface area contributed by atoms with Crippen LogP contribution in [0.15, 0.2) is 37.1 Å². The zero-order chi connectivity index (χ0) is 26.3. The number of sulfonamides is 1. The van der Waals surface area contributed by atoms with Gasteiger partial charge in [-0.1, -0.05) is 6.92 Å². The summed E-state index contributed by atoms with van der Waals surface area (Å²) in [4.78, 5) is 28.6. The quantitative estimate of drug-likeness (QED) is 0.481. The Morgan fingerprint density at radius 2 is 1.92 bits per heavy atom. The summed E-state index contributed by atoms with van der Waals surface area (Å²) in [6, 6.07) is 3.91. The second-order valence-corrected chi connectivity index (χ2v) is 12.4. The molecular weight excluding hydrogens is 508 g/mol. The van der Waals surface area contributed by atoms with E-state index in [1.54, 1.807) is 12.3 Å². The van der Waals surface area contributed by atoms with Crippen molar-refractivity contribution in [3.63, 3.8) is 0 Å². The maximum absolute atomic E-state index is 12.9. The average Bonchev–Trinajstić information content (AvgIpc) is 3.43. The molecule has 4 heterocycles. The lowest BCUT2D eigenvalue weighted by Crippen LogP contribution is -2.37. The Hall–Kier alpha value is -3.25. The Morgan fingerprint density at radius 1 is 1.16 bits per heavy atom. The first-order chi connectivity index (χ1) is 18.4. The van der Waals surface area contributed by atoms with Crippen molar-refractivity contribution in [2.75, 3.05) is 31.2 Å². The minimum Gasteiger partial charge on any atom is -0.474 e. The van der Waals surface area contributed by atoms with Crippen molar-refractivity contribution in [3.8, 4) is 5.88 Å². The van der Waals surface area contributed by atoms with Gasteiger partial charge in [-0.15, -0.1) is 0 Å². The van der Waals surface area contributed by atoms with Crippen LogP contribution in [0.25, 0.3) is 10.9 Å². The van der Waals surface area contributed by atoms with Gasteiger partial charge in [-0.25, -0.2) is 18.1 Å². The van der Waals surface area contributed by atoms with Crippen molar-refractivity contribution in [2.24, 2.45) is 5.92 Å². The fourth-order valence-electron chi connectivity index (χ4n) is 5.34. The molecule has 2 saturated carbocycles. The van der Waals surface area contributed by atoms with E-state index in [4.69, 9.17) is 14.5 Å². The van der Waals surface area contributed by atoms with Crippen molar-refractivity contribution >= 4 is 32.7 Å². The number of amides is 1. The minimum atomic E-state index is -3.71. The van der Waals surface area contributed by atoms with Crippen LogP contribution in [0.3, 0.4) is 0 Å². The van der Waals surface area contributed by atoms with E-state index in [1.165, 1.54) is 6.20 Å². The molecule has 0 aromatic carbocycles. The monoisotopic (exact) mass is 540 g/mol. The van der Waals surface area contributed by atoms with Crippen LogP contribution >= 0.6 is 0 Å². The van der Waals surface area contributed by atoms with E-state index >= 15 is 0 Å². The number of aromatic nitrogens is 4. The molecule has 11 nitrogen and oxygen atoms in total. The van der Waals surface area contributed by atoms with E-state index in [-0.39, 0.29) is 17.6 Å². The summed E-state index contributed by atoms with van der Waals surface area (Å²) in [6.45, 7) is 4.53. The predicted octanol–water partition coefficient (Wildman–Crippen LogP) is 2.69. The Kier molecular flexibility index (Phi) is 6.68. The third-order valence-corrected chi connectivity index (χ3v) is 9.69. The summed E-state index contributed by atoms with van der Waals surface area (Å²) in [5.74, 6) is 0.526. The summed E-state index contributed by atoms with van der Waals surface area (Å²) < 4.78 is 41.3. The van der Waals surface area contributed by atoms with Gasteiger partial charge < -0.3 is 18.9 Å². The molecule has 2 atom stereocenters. The van der Waals surface area contributed by atoms with Crippen LogP contribution < -0.4 is 14.4 Å². The van der Waals surface area contributed by atoms with Gasteiger partial charge in [0.2, 0.25) is 15.9 Å². The van der Waals surface area contributed by atoms with Gasteiger partial charge in [0, 0.05) is 43.8 Å². The highest BCUT2D eigenvalue weighted by Gasteiger charge is 2.44. The summed E-state index contributed by atoms with van der Waals surface area (Å²) >= 11 is 0. The standard InChI is InChI=1S/C26H32N6O5S/c1-17-12-23(17)38(34,35)30-25(33)18-13-21-22(28-15-18)14-24(31-8-10-36-11-9-31)29-26(21)37-20-4-2-19(3-5-20)32-7-6-27-16-32/h6-7,13-17,19-20,23H,2-5,8-12H2,1H3,(H,30,33)/t17?,19-,20+,23?. The molecule has 1 aliphatic heterocycles. The highest BCUT2D eigenvalue weighted by atomic mass is 32.2. The summed E-state index contributed by atoms with van der Waals surface area (Å²) in [5, 5.41) is 0.0672. The van der Waals surface area contributed by atoms with Gasteiger partial charge >= 0.3 is 0 Å². The van der Waals surface area contributed by atoms with E-state index < -0.39 is 21.2 Å². The Balaban J connectivity index is 1.27. The Labute approximate surface area is 221 Å². The van der Waals surface area contributed by atoms with E-state index in [9.17, 15) is 13.2 Å². The lowest BCUT2D eigenvalue weighted by molar-refractivity contribution is 0.0981. The molecule has 2 aliphatic carbocycles. The predicted molar refractivity (Wildman–Crippen MR) is 141 cm³/mol. The first-order valence-electron chi connectivity index (χ1n) is 13.2. The largest absolute Gasteiger partial charge is 0.474 e. The molecule has 6 rings (SSSR count). The highest BCUT2D eigenvalue weighted by Crippen LogP contribution is 2.36. The minimum absolute atomic E-state index is 0.0281. The van der Waals surface area contributed by atoms with Crippen LogP contribution in [0.5, 0.6) is 5.88 Å². The second-order valence-electron chi connectivity index (χ2n) is 10.5. The normalized spacial score (nSPS) is 25.8. The number of ether oxygens (including phenoxy) is 2. The van der Waals surface area contributed by atoms with Gasteiger partial charge in [-0.05, 0) is 44.1 Å². The molecular formula is C26H32N6O5S. The molecule has 3 fully saturated rings. The second kappa shape index (κ2) is 10.1. The van der Waals surface area contributed by atoms with Crippen LogP contribution in [0.4, 0.5) is 5.82 Å². The zero-order valence-electron chi connectivity index (χ0n) is 21.3. The van der Waals surface area contributed by atoms with E-state index in [1.807, 2.05) is 25.5 Å². The first kappa shape index (κ1) is 25.1. The number of carbonyl (C=O) groups excluding carboxylic acids is 1. The number of nitrogens with zero attached hydrogens (tertiary/aromatic N) is 5. The van der Waals surface area contributed by atoms with Gasteiger partial charge in [0.25, 0.3) is 5.91 Å². The molecule has 0 radical (unpaired) electrons. The molecule has 3 aromatic heterocycles. The molecule has 1 N–H and O–H groups in total. The molecule has 0 bridgehead atoms. The number of imidazole rings is 1. The van der Waals surface area contributed by atoms with E-state index in [0.717, 1.165) is 31.5 Å².